The smallest absolute Gasteiger partial charge is 0.306 e. The fourth-order valence-corrected chi connectivity index (χ4v) is 8.50. The monoisotopic (exact) mass is 1140 g/mol. The van der Waals surface area contributed by atoms with E-state index in [1.54, 1.807) is 0 Å². The van der Waals surface area contributed by atoms with Gasteiger partial charge < -0.3 is 14.2 Å². The highest BCUT2D eigenvalue weighted by Crippen LogP contribution is 2.14. The molecular weight excluding hydrogens is 1020 g/mol. The number of ether oxygens (including phenoxy) is 3. The summed E-state index contributed by atoms with van der Waals surface area (Å²) >= 11 is 0. The summed E-state index contributed by atoms with van der Waals surface area (Å²) in [4.78, 5) is 38.2. The zero-order valence-electron chi connectivity index (χ0n) is 53.1. The Hall–Kier alpha value is -5.49. The third-order valence-electron chi connectivity index (χ3n) is 13.4. The second kappa shape index (κ2) is 69.0. The van der Waals surface area contributed by atoms with E-state index in [1.807, 2.05) is 0 Å². The van der Waals surface area contributed by atoms with Gasteiger partial charge in [-0.25, -0.2) is 0 Å². The van der Waals surface area contributed by atoms with Crippen molar-refractivity contribution in [1.82, 2.24) is 0 Å². The van der Waals surface area contributed by atoms with Crippen LogP contribution < -0.4 is 0 Å². The Morgan fingerprint density at radius 2 is 0.470 bits per heavy atom. The summed E-state index contributed by atoms with van der Waals surface area (Å²) in [6.45, 7) is 6.34. The van der Waals surface area contributed by atoms with Crippen LogP contribution in [0.4, 0.5) is 0 Å². The number of hydrogen-bond acceptors (Lipinski definition) is 6. The van der Waals surface area contributed by atoms with Crippen molar-refractivity contribution >= 4 is 17.9 Å². The van der Waals surface area contributed by atoms with Crippen LogP contribution in [-0.4, -0.2) is 37.2 Å². The van der Waals surface area contributed by atoms with Gasteiger partial charge in [-0.2, -0.15) is 0 Å². The molecule has 1 atom stereocenters. The van der Waals surface area contributed by atoms with E-state index >= 15 is 0 Å². The maximum Gasteiger partial charge on any atom is 0.306 e. The number of esters is 3. The second-order valence-electron chi connectivity index (χ2n) is 21.3. The van der Waals surface area contributed by atoms with Crippen molar-refractivity contribution in [2.24, 2.45) is 0 Å². The summed E-state index contributed by atoms with van der Waals surface area (Å²) in [6, 6.07) is 0. The van der Waals surface area contributed by atoms with Gasteiger partial charge in [-0.15, -0.1) is 0 Å². The molecule has 0 aliphatic rings. The van der Waals surface area contributed by atoms with E-state index in [-0.39, 0.29) is 31.1 Å². The zero-order valence-corrected chi connectivity index (χ0v) is 53.1. The second-order valence-corrected chi connectivity index (χ2v) is 21.3. The summed E-state index contributed by atoms with van der Waals surface area (Å²) in [5.74, 6) is -0.960. The van der Waals surface area contributed by atoms with Crippen LogP contribution in [0.15, 0.2) is 182 Å². The Morgan fingerprint density at radius 3 is 0.747 bits per heavy atom. The summed E-state index contributed by atoms with van der Waals surface area (Å²) < 4.78 is 16.8. The zero-order chi connectivity index (χ0) is 59.9. The molecule has 0 aromatic rings. The normalized spacial score (nSPS) is 13.3. The molecule has 0 radical (unpaired) electrons. The predicted octanol–water partition coefficient (Wildman–Crippen LogP) is 23.2. The molecule has 0 saturated carbocycles. The van der Waals surface area contributed by atoms with Gasteiger partial charge in [-0.3, -0.25) is 14.4 Å². The average molecular weight is 1140 g/mol. The van der Waals surface area contributed by atoms with Crippen molar-refractivity contribution in [1.29, 1.82) is 0 Å². The third kappa shape index (κ3) is 67.2. The third-order valence-corrected chi connectivity index (χ3v) is 13.4. The molecule has 0 fully saturated rings. The summed E-state index contributed by atoms with van der Waals surface area (Å²) in [6.07, 6.45) is 103. The highest BCUT2D eigenvalue weighted by molar-refractivity contribution is 5.71. The molecule has 6 heteroatoms. The molecule has 0 N–H and O–H groups in total. The summed E-state index contributed by atoms with van der Waals surface area (Å²) in [5, 5.41) is 0. The molecule has 0 aromatic carbocycles. The molecule has 6 nitrogen and oxygen atoms in total. The molecule has 0 bridgehead atoms. The SMILES string of the molecule is CC/C=C\C/C=C\C/C=C\C/C=C\C/C=C\C/C=C\C/C=C\C/C=C\C/C=C\CCCCCC(=O)OCC(COC(=O)CCCCCCCCCCC)OC(=O)CCCCCCCC/C=C\C/C=C\C/C=C\C/C=C\C/C=C\C/C=C\CC. The van der Waals surface area contributed by atoms with Gasteiger partial charge in [-0.05, 0) is 141 Å². The number of unbranched alkanes of at least 4 members (excludes halogenated alkanes) is 17. The first kappa shape index (κ1) is 77.5. The first-order valence-electron chi connectivity index (χ1n) is 33.3. The molecule has 1 unspecified atom stereocenters. The Kier molecular flexibility index (Phi) is 64.4. The van der Waals surface area contributed by atoms with Crippen molar-refractivity contribution in [2.45, 2.75) is 271 Å². The highest BCUT2D eigenvalue weighted by Gasteiger charge is 2.19. The minimum Gasteiger partial charge on any atom is -0.462 e. The topological polar surface area (TPSA) is 78.9 Å². The predicted molar refractivity (Wildman–Crippen MR) is 361 cm³/mol. The fraction of sp³-hybridized carbons (Fsp3) is 0.571. The Balaban J connectivity index is 4.36. The number of carbonyl (C=O) groups is 3. The Labute approximate surface area is 510 Å². The van der Waals surface area contributed by atoms with Crippen LogP contribution in [0.25, 0.3) is 0 Å². The molecule has 0 spiro atoms. The van der Waals surface area contributed by atoms with E-state index < -0.39 is 6.10 Å². The van der Waals surface area contributed by atoms with Gasteiger partial charge in [-0.1, -0.05) is 287 Å². The molecule has 0 aliphatic heterocycles. The van der Waals surface area contributed by atoms with Gasteiger partial charge in [0, 0.05) is 19.3 Å². The van der Waals surface area contributed by atoms with Crippen LogP contribution in [0.3, 0.4) is 0 Å². The van der Waals surface area contributed by atoms with Crippen LogP contribution >= 0.6 is 0 Å². The van der Waals surface area contributed by atoms with Crippen molar-refractivity contribution in [3.05, 3.63) is 182 Å². The molecule has 464 valence electrons. The number of allylic oxidation sites excluding steroid dienone is 30. The van der Waals surface area contributed by atoms with Gasteiger partial charge in [0.05, 0.1) is 0 Å². The van der Waals surface area contributed by atoms with Crippen LogP contribution in [0.2, 0.25) is 0 Å². The van der Waals surface area contributed by atoms with Gasteiger partial charge >= 0.3 is 17.9 Å². The molecule has 0 heterocycles. The number of carbonyl (C=O) groups excluding carboxylic acids is 3. The van der Waals surface area contributed by atoms with E-state index in [0.29, 0.717) is 19.3 Å². The maximum atomic E-state index is 12.9. The van der Waals surface area contributed by atoms with E-state index in [2.05, 4.69) is 203 Å². The lowest BCUT2D eigenvalue weighted by Crippen LogP contribution is -2.30. The summed E-state index contributed by atoms with van der Waals surface area (Å²) in [5.41, 5.74) is 0. The largest absolute Gasteiger partial charge is 0.462 e. The molecule has 0 amide bonds. The lowest BCUT2D eigenvalue weighted by Gasteiger charge is -2.18. The molecule has 0 rings (SSSR count). The lowest BCUT2D eigenvalue weighted by molar-refractivity contribution is -0.167. The minimum absolute atomic E-state index is 0.102. The van der Waals surface area contributed by atoms with Crippen LogP contribution in [-0.2, 0) is 28.6 Å². The van der Waals surface area contributed by atoms with Gasteiger partial charge in [0.2, 0.25) is 0 Å². The Morgan fingerprint density at radius 1 is 0.253 bits per heavy atom. The first-order valence-corrected chi connectivity index (χ1v) is 33.3. The van der Waals surface area contributed by atoms with Crippen molar-refractivity contribution in [3.63, 3.8) is 0 Å². The van der Waals surface area contributed by atoms with Crippen molar-refractivity contribution < 1.29 is 28.6 Å². The fourth-order valence-electron chi connectivity index (χ4n) is 8.50. The lowest BCUT2D eigenvalue weighted by atomic mass is 10.1. The first-order chi connectivity index (χ1) is 41.0. The standard InChI is InChI=1S/C77H120O6/c1-4-7-10-13-16-19-21-23-25-27-29-31-33-35-36-37-38-39-40-42-43-45-47-49-51-53-55-58-61-64-67-70-76(79)82-73-74(72-81-75(78)69-66-63-60-57-18-15-12-9-6-3)83-77(80)71-68-65-62-59-56-54-52-50-48-46-44-41-34-32-30-28-26-24-22-20-17-14-11-8-5-2/h7-8,10-11,16-17,19-20,23-26,29-32,35-36,38-39,41-44,47-50,53,55,74H,4-6,9,12-15,18,21-22,27-28,33-34,37,40,45-46,51-52,54,56-73H2,1-3H3/b10-7-,11-8-,19-16-,20-17-,25-23-,26-24-,31-29-,32-30-,36-35-,39-38-,43-42-,44-41-,49-47-,50-48-,55-53-. The van der Waals surface area contributed by atoms with E-state index in [4.69, 9.17) is 14.2 Å². The van der Waals surface area contributed by atoms with Crippen molar-refractivity contribution in [3.8, 4) is 0 Å². The molecule has 0 aromatic heterocycles. The maximum absolute atomic E-state index is 12.9. The van der Waals surface area contributed by atoms with Crippen LogP contribution in [0.5, 0.6) is 0 Å². The van der Waals surface area contributed by atoms with Gasteiger partial charge in [0.15, 0.2) is 6.10 Å². The molecule has 0 saturated heterocycles. The van der Waals surface area contributed by atoms with Gasteiger partial charge in [0.25, 0.3) is 0 Å². The van der Waals surface area contributed by atoms with E-state index in [1.165, 1.54) is 51.4 Å². The molecule has 0 aliphatic carbocycles. The molecular formula is C77H120O6. The quantitative estimate of drug-likeness (QED) is 0.0261. The van der Waals surface area contributed by atoms with E-state index in [0.717, 1.165) is 173 Å². The van der Waals surface area contributed by atoms with E-state index in [9.17, 15) is 14.4 Å². The summed E-state index contributed by atoms with van der Waals surface area (Å²) in [7, 11) is 0. The van der Waals surface area contributed by atoms with Crippen molar-refractivity contribution in [2.75, 3.05) is 13.2 Å². The van der Waals surface area contributed by atoms with Gasteiger partial charge in [0.1, 0.15) is 13.2 Å². The van der Waals surface area contributed by atoms with Crippen LogP contribution in [0, 0.1) is 0 Å². The number of rotatable bonds is 58. The van der Waals surface area contributed by atoms with Crippen LogP contribution in [0.1, 0.15) is 265 Å². The highest BCUT2D eigenvalue weighted by atomic mass is 16.6. The average Bonchev–Trinajstić information content (AvgIpc) is 3.49. The molecule has 83 heavy (non-hydrogen) atoms. The Bertz CT molecular complexity index is 1940. The number of hydrogen-bond donors (Lipinski definition) is 0. The minimum atomic E-state index is -0.809.